The van der Waals surface area contributed by atoms with Crippen LogP contribution in [0.2, 0.25) is 0 Å². The summed E-state index contributed by atoms with van der Waals surface area (Å²) in [5.74, 6) is -0.576. The number of pyridine rings is 1. The predicted molar refractivity (Wildman–Crippen MR) is 132 cm³/mol. The number of anilines is 1. The van der Waals surface area contributed by atoms with Crippen molar-refractivity contribution in [2.75, 3.05) is 11.5 Å². The average molecular weight is 457 g/mol. The van der Waals surface area contributed by atoms with Crippen LogP contribution in [0.3, 0.4) is 0 Å². The highest BCUT2D eigenvalue weighted by atomic mass is 16.5. The van der Waals surface area contributed by atoms with E-state index in [4.69, 9.17) is 4.74 Å². The van der Waals surface area contributed by atoms with Crippen LogP contribution in [-0.2, 0) is 9.59 Å². The third kappa shape index (κ3) is 4.31. The van der Waals surface area contributed by atoms with Gasteiger partial charge in [0, 0.05) is 17.4 Å². The maximum absolute atomic E-state index is 13.3. The van der Waals surface area contributed by atoms with Crippen molar-refractivity contribution < 1.29 is 19.4 Å². The van der Waals surface area contributed by atoms with Crippen LogP contribution < -0.4 is 9.64 Å². The van der Waals surface area contributed by atoms with Crippen LogP contribution in [0.5, 0.6) is 5.75 Å². The highest BCUT2D eigenvalue weighted by molar-refractivity contribution is 6.51. The van der Waals surface area contributed by atoms with E-state index in [0.717, 1.165) is 11.1 Å². The summed E-state index contributed by atoms with van der Waals surface area (Å²) in [7, 11) is 0. The molecule has 0 saturated carbocycles. The maximum Gasteiger partial charge on any atom is 0.300 e. The number of aromatic nitrogens is 1. The molecule has 6 heteroatoms. The number of benzene rings is 2. The Labute approximate surface area is 199 Å². The Morgan fingerprint density at radius 3 is 2.41 bits per heavy atom. The van der Waals surface area contributed by atoms with Gasteiger partial charge in [-0.2, -0.15) is 0 Å². The molecule has 174 valence electrons. The molecule has 1 amide bonds. The molecule has 1 aliphatic heterocycles. The van der Waals surface area contributed by atoms with E-state index < -0.39 is 17.7 Å². The molecule has 1 unspecified atom stereocenters. The van der Waals surface area contributed by atoms with Crippen molar-refractivity contribution >= 4 is 23.1 Å². The Bertz CT molecular complexity index is 1260. The van der Waals surface area contributed by atoms with Crippen LogP contribution in [0.15, 0.2) is 72.4 Å². The molecule has 6 nitrogen and oxygen atoms in total. The maximum atomic E-state index is 13.3. The van der Waals surface area contributed by atoms with Gasteiger partial charge in [0.1, 0.15) is 17.6 Å². The van der Waals surface area contributed by atoms with Crippen molar-refractivity contribution in [1.29, 1.82) is 0 Å². The number of ether oxygens (including phenoxy) is 1. The molecule has 1 saturated heterocycles. The van der Waals surface area contributed by atoms with E-state index in [1.54, 1.807) is 48.7 Å². The minimum absolute atomic E-state index is 0.0159. The molecule has 1 atom stereocenters. The fraction of sp³-hybridized carbons (Fsp3) is 0.250. The SMILES string of the molecule is Cc1cc(/C(O)=C2/C(=O)C(=O)N(c3ccccc3C)C2c2ccccn2)ccc1OCC(C)C. The number of amides is 1. The van der Waals surface area contributed by atoms with Gasteiger partial charge in [0.15, 0.2) is 0 Å². The van der Waals surface area contributed by atoms with Crippen molar-refractivity contribution in [3.63, 3.8) is 0 Å². The van der Waals surface area contributed by atoms with E-state index in [2.05, 4.69) is 18.8 Å². The zero-order valence-electron chi connectivity index (χ0n) is 19.8. The smallest absolute Gasteiger partial charge is 0.300 e. The number of Topliss-reactive ketones (excluding diaryl/α,β-unsaturated/α-hetero) is 1. The lowest BCUT2D eigenvalue weighted by atomic mass is 9.97. The van der Waals surface area contributed by atoms with Gasteiger partial charge in [-0.25, -0.2) is 0 Å². The number of carbonyl (C=O) groups is 2. The fourth-order valence-electron chi connectivity index (χ4n) is 4.10. The molecule has 1 aromatic heterocycles. The van der Waals surface area contributed by atoms with Crippen molar-refractivity contribution in [2.24, 2.45) is 5.92 Å². The molecule has 2 heterocycles. The van der Waals surface area contributed by atoms with E-state index in [1.165, 1.54) is 4.90 Å². The number of ketones is 1. The van der Waals surface area contributed by atoms with Gasteiger partial charge in [0.05, 0.1) is 17.9 Å². The molecule has 1 aliphatic rings. The topological polar surface area (TPSA) is 79.7 Å². The van der Waals surface area contributed by atoms with Gasteiger partial charge < -0.3 is 9.84 Å². The first-order valence-corrected chi connectivity index (χ1v) is 11.3. The first-order chi connectivity index (χ1) is 16.3. The molecular formula is C28H28N2O4. The summed E-state index contributed by atoms with van der Waals surface area (Å²) in [4.78, 5) is 32.4. The zero-order chi connectivity index (χ0) is 24.4. The number of rotatable bonds is 6. The molecule has 2 aromatic carbocycles. The van der Waals surface area contributed by atoms with Crippen LogP contribution in [0, 0.1) is 19.8 Å². The van der Waals surface area contributed by atoms with Gasteiger partial charge in [-0.1, -0.05) is 38.1 Å². The van der Waals surface area contributed by atoms with Gasteiger partial charge >= 0.3 is 0 Å². The third-order valence-electron chi connectivity index (χ3n) is 5.81. The average Bonchev–Trinajstić information content (AvgIpc) is 3.09. The monoisotopic (exact) mass is 456 g/mol. The van der Waals surface area contributed by atoms with Crippen molar-refractivity contribution in [3.05, 3.63) is 94.8 Å². The van der Waals surface area contributed by atoms with Crippen LogP contribution in [0.4, 0.5) is 5.69 Å². The van der Waals surface area contributed by atoms with Crippen LogP contribution >= 0.6 is 0 Å². The molecule has 0 bridgehead atoms. The largest absolute Gasteiger partial charge is 0.507 e. The lowest BCUT2D eigenvalue weighted by molar-refractivity contribution is -0.132. The van der Waals surface area contributed by atoms with Crippen molar-refractivity contribution in [1.82, 2.24) is 4.98 Å². The Hall–Kier alpha value is -3.93. The number of aryl methyl sites for hydroxylation is 2. The number of hydrogen-bond donors (Lipinski definition) is 1. The van der Waals surface area contributed by atoms with Gasteiger partial charge in [-0.15, -0.1) is 0 Å². The Balaban J connectivity index is 1.85. The Kier molecular flexibility index (Phi) is 6.50. The molecule has 0 aliphatic carbocycles. The number of aliphatic hydroxyl groups excluding tert-OH is 1. The normalized spacial score (nSPS) is 17.4. The highest BCUT2D eigenvalue weighted by Crippen LogP contribution is 2.42. The third-order valence-corrected chi connectivity index (χ3v) is 5.81. The van der Waals surface area contributed by atoms with Gasteiger partial charge in [-0.3, -0.25) is 19.5 Å². The molecular weight excluding hydrogens is 428 g/mol. The van der Waals surface area contributed by atoms with E-state index in [-0.39, 0.29) is 11.3 Å². The number of aliphatic hydroxyl groups is 1. The van der Waals surface area contributed by atoms with Crippen molar-refractivity contribution in [2.45, 2.75) is 33.7 Å². The quantitative estimate of drug-likeness (QED) is 0.307. The first kappa shape index (κ1) is 23.2. The molecule has 3 aromatic rings. The second-order valence-corrected chi connectivity index (χ2v) is 8.90. The summed E-state index contributed by atoms with van der Waals surface area (Å²) in [6, 6.07) is 17.1. The van der Waals surface area contributed by atoms with E-state index in [9.17, 15) is 14.7 Å². The highest BCUT2D eigenvalue weighted by Gasteiger charge is 2.48. The summed E-state index contributed by atoms with van der Waals surface area (Å²) < 4.78 is 5.84. The van der Waals surface area contributed by atoms with Crippen LogP contribution in [0.1, 0.15) is 42.3 Å². The molecule has 34 heavy (non-hydrogen) atoms. The van der Waals surface area contributed by atoms with Crippen molar-refractivity contribution in [3.8, 4) is 5.75 Å². The summed E-state index contributed by atoms with van der Waals surface area (Å²) in [5, 5.41) is 11.3. The molecule has 1 fully saturated rings. The first-order valence-electron chi connectivity index (χ1n) is 11.3. The zero-order valence-corrected chi connectivity index (χ0v) is 19.8. The van der Waals surface area contributed by atoms with Crippen LogP contribution in [-0.4, -0.2) is 28.4 Å². The minimum Gasteiger partial charge on any atom is -0.507 e. The predicted octanol–water partition coefficient (Wildman–Crippen LogP) is 5.36. The van der Waals surface area contributed by atoms with Gasteiger partial charge in [0.2, 0.25) is 0 Å². The van der Waals surface area contributed by atoms with Crippen LogP contribution in [0.25, 0.3) is 5.76 Å². The fourth-order valence-corrected chi connectivity index (χ4v) is 4.10. The summed E-state index contributed by atoms with van der Waals surface area (Å²) >= 11 is 0. The number of para-hydroxylation sites is 1. The van der Waals surface area contributed by atoms with Gasteiger partial charge in [0.25, 0.3) is 11.7 Å². The summed E-state index contributed by atoms with van der Waals surface area (Å²) in [6.45, 7) is 8.48. The van der Waals surface area contributed by atoms with E-state index >= 15 is 0 Å². The van der Waals surface area contributed by atoms with E-state index in [1.807, 2.05) is 32.0 Å². The summed E-state index contributed by atoms with van der Waals surface area (Å²) in [5.41, 5.74) is 3.23. The minimum atomic E-state index is -0.848. The Morgan fingerprint density at radius 2 is 1.76 bits per heavy atom. The molecule has 4 rings (SSSR count). The lowest BCUT2D eigenvalue weighted by Crippen LogP contribution is -2.30. The Morgan fingerprint density at radius 1 is 1.03 bits per heavy atom. The van der Waals surface area contributed by atoms with E-state index in [0.29, 0.717) is 35.2 Å². The number of hydrogen-bond acceptors (Lipinski definition) is 5. The summed E-state index contributed by atoms with van der Waals surface area (Å²) in [6.07, 6.45) is 1.61. The van der Waals surface area contributed by atoms with Gasteiger partial charge in [-0.05, 0) is 67.3 Å². The standard InChI is InChI=1S/C28H28N2O4/c1-17(2)16-34-23-13-12-20(15-19(23)4)26(31)24-25(21-10-7-8-14-29-21)30(28(33)27(24)32)22-11-6-5-9-18(22)3/h5-15,17,25,31H,16H2,1-4H3/b26-24-. The molecule has 0 spiro atoms. The second-order valence-electron chi connectivity index (χ2n) is 8.90. The molecule has 1 N–H and O–H groups in total. The second kappa shape index (κ2) is 9.51. The molecule has 0 radical (unpaired) electrons. The number of nitrogens with zero attached hydrogens (tertiary/aromatic N) is 2. The lowest BCUT2D eigenvalue weighted by Gasteiger charge is -2.26. The number of carbonyl (C=O) groups excluding carboxylic acids is 2.